The summed E-state index contributed by atoms with van der Waals surface area (Å²) in [5, 5.41) is -0.323. The Morgan fingerprint density at radius 2 is 2.25 bits per heavy atom. The van der Waals surface area contributed by atoms with Gasteiger partial charge in [0.2, 0.25) is 5.09 Å². The van der Waals surface area contributed by atoms with Gasteiger partial charge in [-0.2, -0.15) is 0 Å². The zero-order chi connectivity index (χ0) is 14.0. The maximum atomic E-state index is 11.9. The van der Waals surface area contributed by atoms with Gasteiger partial charge in [-0.05, 0) is 18.8 Å². The lowest BCUT2D eigenvalue weighted by molar-refractivity contribution is 0.0600. The van der Waals surface area contributed by atoms with Crippen LogP contribution in [0.15, 0.2) is 21.8 Å². The summed E-state index contributed by atoms with van der Waals surface area (Å²) in [4.78, 5) is 11.2. The Morgan fingerprint density at radius 1 is 1.60 bits per heavy atom. The number of halogens is 1. The average molecular weight is 325 g/mol. The van der Waals surface area contributed by atoms with E-state index in [0.29, 0.717) is 5.92 Å². The van der Waals surface area contributed by atoms with Gasteiger partial charge in [0.05, 0.1) is 12.7 Å². The number of methoxy groups -OCH3 is 1. The molecule has 9 heteroatoms. The molecule has 1 aromatic heterocycles. The Kier molecular flexibility index (Phi) is 5.58. The van der Waals surface area contributed by atoms with Crippen molar-refractivity contribution in [3.8, 4) is 0 Å². The van der Waals surface area contributed by atoms with Crippen molar-refractivity contribution in [1.82, 2.24) is 4.72 Å². The van der Waals surface area contributed by atoms with E-state index in [1.807, 2.05) is 0 Å². The van der Waals surface area contributed by atoms with E-state index in [9.17, 15) is 13.2 Å². The highest BCUT2D eigenvalue weighted by atomic mass is 35.5. The van der Waals surface area contributed by atoms with Gasteiger partial charge in [-0.1, -0.05) is 0 Å². The number of esters is 1. The van der Waals surface area contributed by atoms with Crippen molar-refractivity contribution in [3.63, 3.8) is 0 Å². The van der Waals surface area contributed by atoms with Crippen LogP contribution in [0.2, 0.25) is 0 Å². The van der Waals surface area contributed by atoms with Crippen LogP contribution >= 0.6 is 12.4 Å². The summed E-state index contributed by atoms with van der Waals surface area (Å²) in [6.45, 7) is 0.154. The Balaban J connectivity index is 0.00000200. The molecule has 0 aromatic carbocycles. The highest BCUT2D eigenvalue weighted by Crippen LogP contribution is 2.31. The Morgan fingerprint density at radius 3 is 2.80 bits per heavy atom. The average Bonchev–Trinajstić information content (AvgIpc) is 3.11. The van der Waals surface area contributed by atoms with E-state index in [0.717, 1.165) is 25.2 Å². The smallest absolute Gasteiger partial charge is 0.341 e. The highest BCUT2D eigenvalue weighted by molar-refractivity contribution is 7.89. The van der Waals surface area contributed by atoms with Crippen LogP contribution in [-0.2, 0) is 14.8 Å². The summed E-state index contributed by atoms with van der Waals surface area (Å²) in [5.41, 5.74) is 5.86. The molecule has 1 fully saturated rings. The number of carbonyl (C=O) groups is 1. The number of ether oxygens (including phenoxy) is 1. The van der Waals surface area contributed by atoms with Gasteiger partial charge in [0, 0.05) is 18.7 Å². The van der Waals surface area contributed by atoms with Crippen LogP contribution in [0.3, 0.4) is 0 Å². The topological polar surface area (TPSA) is 112 Å². The van der Waals surface area contributed by atoms with Gasteiger partial charge in [-0.3, -0.25) is 0 Å². The van der Waals surface area contributed by atoms with Crippen LogP contribution in [0.5, 0.6) is 0 Å². The second-order valence-corrected chi connectivity index (χ2v) is 6.20. The number of rotatable bonds is 6. The third-order valence-corrected chi connectivity index (χ3v) is 4.29. The Hall–Kier alpha value is -1.09. The van der Waals surface area contributed by atoms with Crippen molar-refractivity contribution in [2.24, 2.45) is 11.7 Å². The summed E-state index contributed by atoms with van der Waals surface area (Å²) < 4.78 is 35.5. The van der Waals surface area contributed by atoms with Crippen LogP contribution in [0, 0.1) is 5.92 Å². The van der Waals surface area contributed by atoms with Crippen LogP contribution in [0.4, 0.5) is 0 Å². The molecule has 0 amide bonds. The quantitative estimate of drug-likeness (QED) is 0.737. The molecule has 1 aliphatic carbocycles. The lowest BCUT2D eigenvalue weighted by Gasteiger charge is -2.10. The first-order chi connectivity index (χ1) is 8.94. The lowest BCUT2D eigenvalue weighted by Crippen LogP contribution is -2.38. The van der Waals surface area contributed by atoms with Crippen molar-refractivity contribution < 1.29 is 22.4 Å². The number of nitrogens with one attached hydrogen (secondary N) is 1. The minimum atomic E-state index is -3.79. The number of hydrogen-bond donors (Lipinski definition) is 2. The molecule has 1 unspecified atom stereocenters. The maximum Gasteiger partial charge on any atom is 0.341 e. The van der Waals surface area contributed by atoms with Crippen LogP contribution < -0.4 is 10.5 Å². The van der Waals surface area contributed by atoms with Crippen molar-refractivity contribution in [1.29, 1.82) is 0 Å². The van der Waals surface area contributed by atoms with Gasteiger partial charge in [0.25, 0.3) is 10.0 Å². The molecule has 1 atom stereocenters. The molecule has 114 valence electrons. The van der Waals surface area contributed by atoms with Crippen molar-refractivity contribution >= 4 is 28.4 Å². The normalized spacial score (nSPS) is 16.3. The van der Waals surface area contributed by atoms with Crippen molar-refractivity contribution in [2.45, 2.75) is 24.0 Å². The largest absolute Gasteiger partial charge is 0.465 e. The van der Waals surface area contributed by atoms with E-state index >= 15 is 0 Å². The third kappa shape index (κ3) is 3.95. The molecule has 3 N–H and O–H groups in total. The molecule has 0 radical (unpaired) electrons. The fraction of sp³-hybridized carbons (Fsp3) is 0.545. The number of nitrogens with two attached hydrogens (primary N) is 1. The fourth-order valence-electron chi connectivity index (χ4n) is 1.65. The molecule has 20 heavy (non-hydrogen) atoms. The molecule has 0 spiro atoms. The summed E-state index contributed by atoms with van der Waals surface area (Å²) in [6, 6.07) is 0.932. The summed E-state index contributed by atoms with van der Waals surface area (Å²) in [6.07, 6.45) is 3.12. The van der Waals surface area contributed by atoms with Gasteiger partial charge in [0.15, 0.2) is 0 Å². The molecule has 1 saturated carbocycles. The summed E-state index contributed by atoms with van der Waals surface area (Å²) in [5.74, 6) is -0.259. The number of sulfonamides is 1. The van der Waals surface area contributed by atoms with Gasteiger partial charge in [-0.15, -0.1) is 12.4 Å². The SMILES string of the molecule is COC(=O)c1coc(S(=O)(=O)NCC(N)C2CC2)c1.Cl. The monoisotopic (exact) mass is 324 g/mol. The predicted molar refractivity (Wildman–Crippen MR) is 73.2 cm³/mol. The minimum Gasteiger partial charge on any atom is -0.465 e. The molecule has 2 rings (SSSR count). The number of hydrogen-bond acceptors (Lipinski definition) is 6. The van der Waals surface area contributed by atoms with E-state index in [1.54, 1.807) is 0 Å². The molecule has 1 heterocycles. The molecule has 1 aliphatic rings. The Bertz CT molecular complexity index is 567. The second kappa shape index (κ2) is 6.57. The molecular formula is C11H17ClN2O5S. The van der Waals surface area contributed by atoms with E-state index in [4.69, 9.17) is 10.2 Å². The van der Waals surface area contributed by atoms with Gasteiger partial charge in [0.1, 0.15) is 6.26 Å². The van der Waals surface area contributed by atoms with E-state index < -0.39 is 16.0 Å². The molecule has 0 saturated heterocycles. The highest BCUT2D eigenvalue weighted by Gasteiger charge is 2.30. The lowest BCUT2D eigenvalue weighted by atomic mass is 10.2. The van der Waals surface area contributed by atoms with E-state index in [-0.39, 0.29) is 35.6 Å². The van der Waals surface area contributed by atoms with E-state index in [1.165, 1.54) is 7.11 Å². The molecular weight excluding hydrogens is 308 g/mol. The van der Waals surface area contributed by atoms with Crippen molar-refractivity contribution in [2.75, 3.05) is 13.7 Å². The van der Waals surface area contributed by atoms with Gasteiger partial charge in [-0.25, -0.2) is 17.9 Å². The third-order valence-electron chi connectivity index (χ3n) is 3.00. The van der Waals surface area contributed by atoms with Crippen LogP contribution in [0.1, 0.15) is 23.2 Å². The first kappa shape index (κ1) is 17.0. The molecule has 0 bridgehead atoms. The summed E-state index contributed by atoms with van der Waals surface area (Å²) >= 11 is 0. The van der Waals surface area contributed by atoms with Gasteiger partial charge < -0.3 is 14.9 Å². The first-order valence-electron chi connectivity index (χ1n) is 5.86. The number of carbonyl (C=O) groups excluding carboxylic acids is 1. The van der Waals surface area contributed by atoms with E-state index in [2.05, 4.69) is 9.46 Å². The first-order valence-corrected chi connectivity index (χ1v) is 7.34. The molecule has 1 aromatic rings. The number of furan rings is 1. The second-order valence-electron chi connectivity index (χ2n) is 4.50. The van der Waals surface area contributed by atoms with Crippen molar-refractivity contribution in [3.05, 3.63) is 17.9 Å². The Labute approximate surface area is 123 Å². The van der Waals surface area contributed by atoms with Gasteiger partial charge >= 0.3 is 5.97 Å². The van der Waals surface area contributed by atoms with Crippen LogP contribution in [0.25, 0.3) is 0 Å². The predicted octanol–water partition coefficient (Wildman–Crippen LogP) is 0.504. The molecule has 7 nitrogen and oxygen atoms in total. The molecule has 0 aliphatic heterocycles. The maximum absolute atomic E-state index is 11.9. The standard InChI is InChI=1S/C11H16N2O5S.ClH/c1-17-11(14)8-4-10(18-6-8)19(15,16)13-5-9(12)7-2-3-7;/h4,6-7,9,13H,2-3,5,12H2,1H3;1H. The zero-order valence-electron chi connectivity index (χ0n) is 10.9. The summed E-state index contributed by atoms with van der Waals surface area (Å²) in [7, 11) is -2.58. The zero-order valence-corrected chi connectivity index (χ0v) is 12.5. The minimum absolute atomic E-state index is 0. The fourth-order valence-corrected chi connectivity index (χ4v) is 2.66. The van der Waals surface area contributed by atoms with Crippen LogP contribution in [-0.4, -0.2) is 34.1 Å².